The summed E-state index contributed by atoms with van der Waals surface area (Å²) in [6.07, 6.45) is 0. The Morgan fingerprint density at radius 3 is 2.56 bits per heavy atom. The summed E-state index contributed by atoms with van der Waals surface area (Å²) in [7, 11) is 0. The maximum absolute atomic E-state index is 13.3. The molecule has 1 unspecified atom stereocenters. The van der Waals surface area contributed by atoms with Crippen LogP contribution in [-0.2, 0) is 4.79 Å². The molecule has 3 aromatic rings. The van der Waals surface area contributed by atoms with E-state index >= 15 is 0 Å². The lowest BCUT2D eigenvalue weighted by atomic mass is 10.2. The number of hydrogen-bond acceptors (Lipinski definition) is 4. The third-order valence-corrected chi connectivity index (χ3v) is 4.88. The molecule has 0 radical (unpaired) electrons. The van der Waals surface area contributed by atoms with E-state index in [2.05, 4.69) is 10.6 Å². The zero-order chi connectivity index (χ0) is 19.6. The first-order valence-corrected chi connectivity index (χ1v) is 8.86. The lowest BCUT2D eigenvalue weighted by Crippen LogP contribution is -2.37. The summed E-state index contributed by atoms with van der Waals surface area (Å²) in [5, 5.41) is 4.48. The Morgan fingerprint density at radius 1 is 1.19 bits per heavy atom. The van der Waals surface area contributed by atoms with Crippen molar-refractivity contribution in [3.63, 3.8) is 0 Å². The van der Waals surface area contributed by atoms with Crippen LogP contribution < -0.4 is 15.6 Å². The summed E-state index contributed by atoms with van der Waals surface area (Å²) in [6, 6.07) is 10.4. The van der Waals surface area contributed by atoms with Gasteiger partial charge in [0, 0.05) is 23.9 Å². The van der Waals surface area contributed by atoms with Crippen LogP contribution in [0, 0.1) is 18.6 Å². The first-order valence-electron chi connectivity index (χ1n) is 7.98. The van der Waals surface area contributed by atoms with Crippen LogP contribution in [0.4, 0.5) is 14.5 Å². The van der Waals surface area contributed by atoms with Crippen LogP contribution >= 0.6 is 11.8 Å². The Labute approximate surface area is 157 Å². The highest BCUT2D eigenvalue weighted by atomic mass is 32.2. The zero-order valence-corrected chi connectivity index (χ0v) is 15.3. The first-order chi connectivity index (χ1) is 12.8. The highest BCUT2D eigenvalue weighted by Gasteiger charge is 2.29. The van der Waals surface area contributed by atoms with Crippen LogP contribution in [-0.4, -0.2) is 16.4 Å². The van der Waals surface area contributed by atoms with Crippen molar-refractivity contribution in [1.82, 2.24) is 5.27 Å². The highest BCUT2D eigenvalue weighted by molar-refractivity contribution is 8.00. The molecule has 1 atom stereocenters. The second kappa shape index (κ2) is 7.75. The molecule has 3 rings (SSSR count). The molecule has 1 heterocycles. The third kappa shape index (κ3) is 4.25. The molecule has 0 saturated carbocycles. The summed E-state index contributed by atoms with van der Waals surface area (Å²) in [6.45, 7) is 3.53. The Hall–Kier alpha value is -2.94. The number of anilines is 1. The minimum atomic E-state index is -1.06. The van der Waals surface area contributed by atoms with Gasteiger partial charge in [-0.15, -0.1) is 0 Å². The molecule has 1 amide bonds. The van der Waals surface area contributed by atoms with Crippen molar-refractivity contribution in [2.24, 2.45) is 0 Å². The average molecular weight is 392 g/mol. The van der Waals surface area contributed by atoms with Gasteiger partial charge in [0.05, 0.1) is 5.25 Å². The SMILES string of the molecule is Cc1ccc(-[n+]2[nH]oc(=O)c2SC(C)C(=O)Nc2ccc(F)c(F)c2)cc1. The molecule has 140 valence electrons. The number of halogens is 2. The number of nitrogens with zero attached hydrogens (tertiary/aromatic N) is 1. The van der Waals surface area contributed by atoms with Crippen LogP contribution in [0.3, 0.4) is 0 Å². The second-order valence-corrected chi connectivity index (χ2v) is 7.16. The van der Waals surface area contributed by atoms with Crippen molar-refractivity contribution >= 4 is 23.4 Å². The van der Waals surface area contributed by atoms with Crippen molar-refractivity contribution in [2.45, 2.75) is 24.1 Å². The lowest BCUT2D eigenvalue weighted by Gasteiger charge is -2.09. The normalized spacial score (nSPS) is 12.0. The fourth-order valence-corrected chi connectivity index (χ4v) is 3.15. The molecule has 0 aliphatic rings. The molecular formula is C18H16F2N3O3S+. The molecule has 0 fully saturated rings. The molecule has 6 nitrogen and oxygen atoms in total. The number of benzene rings is 2. The van der Waals surface area contributed by atoms with E-state index in [1.807, 2.05) is 19.1 Å². The maximum atomic E-state index is 13.3. The Balaban J connectivity index is 1.77. The number of thioether (sulfide) groups is 1. The first kappa shape index (κ1) is 18.8. The molecule has 0 aliphatic carbocycles. The molecule has 0 saturated heterocycles. The van der Waals surface area contributed by atoms with E-state index in [-0.39, 0.29) is 10.7 Å². The lowest BCUT2D eigenvalue weighted by molar-refractivity contribution is -0.704. The summed E-state index contributed by atoms with van der Waals surface area (Å²) < 4.78 is 32.5. The number of amides is 1. The molecule has 1 aromatic heterocycles. The van der Waals surface area contributed by atoms with Crippen molar-refractivity contribution in [2.75, 3.05) is 5.32 Å². The van der Waals surface area contributed by atoms with Crippen molar-refractivity contribution in [1.29, 1.82) is 0 Å². The van der Waals surface area contributed by atoms with Crippen LogP contribution in [0.2, 0.25) is 0 Å². The van der Waals surface area contributed by atoms with Gasteiger partial charge in [0.1, 0.15) is 0 Å². The number of hydrogen-bond donors (Lipinski definition) is 2. The number of carbonyl (C=O) groups is 1. The fraction of sp³-hybridized carbons (Fsp3) is 0.167. The summed E-state index contributed by atoms with van der Waals surface area (Å²) in [5.74, 6) is -2.53. The smallest absolute Gasteiger partial charge is 0.325 e. The topological polar surface area (TPSA) is 79.0 Å². The Morgan fingerprint density at radius 2 is 1.89 bits per heavy atom. The maximum Gasteiger partial charge on any atom is 0.442 e. The number of aromatic nitrogens is 2. The van der Waals surface area contributed by atoms with E-state index in [4.69, 9.17) is 4.52 Å². The quantitative estimate of drug-likeness (QED) is 0.517. The predicted molar refractivity (Wildman–Crippen MR) is 95.9 cm³/mol. The minimum absolute atomic E-state index is 0.124. The molecule has 2 aromatic carbocycles. The second-order valence-electron chi connectivity index (χ2n) is 5.84. The summed E-state index contributed by atoms with van der Waals surface area (Å²) in [4.78, 5) is 24.4. The van der Waals surface area contributed by atoms with Gasteiger partial charge >= 0.3 is 10.7 Å². The van der Waals surface area contributed by atoms with Gasteiger partial charge in [0.15, 0.2) is 11.6 Å². The van der Waals surface area contributed by atoms with E-state index in [9.17, 15) is 18.4 Å². The van der Waals surface area contributed by atoms with Crippen molar-refractivity contribution < 1.29 is 22.8 Å². The Bertz CT molecular complexity index is 1030. The summed E-state index contributed by atoms with van der Waals surface area (Å²) >= 11 is 0.983. The monoisotopic (exact) mass is 392 g/mol. The number of H-pyrrole nitrogens is 1. The predicted octanol–water partition coefficient (Wildman–Crippen LogP) is 2.95. The van der Waals surface area contributed by atoms with Gasteiger partial charge in [0.2, 0.25) is 11.6 Å². The third-order valence-electron chi connectivity index (χ3n) is 3.74. The molecule has 0 aliphatic heterocycles. The van der Waals surface area contributed by atoms with E-state index < -0.39 is 28.4 Å². The molecule has 0 bridgehead atoms. The van der Waals surface area contributed by atoms with Crippen molar-refractivity contribution in [3.05, 3.63) is 70.1 Å². The standard InChI is InChI=1S/C18H15F2N3O3S/c1-10-3-6-13(7-4-10)23-17(18(25)26-22-23)27-11(2)16(24)21-12-5-8-14(19)15(20)9-12/h3-9,11H,1-2H3,(H-,21,22,24,25)/p+1. The number of aryl methyl sites for hydroxylation is 1. The van der Waals surface area contributed by atoms with E-state index in [0.29, 0.717) is 5.69 Å². The number of nitrogens with one attached hydrogen (secondary N) is 2. The molecule has 27 heavy (non-hydrogen) atoms. The van der Waals surface area contributed by atoms with E-state index in [1.165, 1.54) is 10.7 Å². The zero-order valence-electron chi connectivity index (χ0n) is 14.5. The fourth-order valence-electron chi connectivity index (χ4n) is 2.27. The summed E-state index contributed by atoms with van der Waals surface area (Å²) in [5.41, 5.74) is 1.23. The average Bonchev–Trinajstić information content (AvgIpc) is 2.99. The van der Waals surface area contributed by atoms with Gasteiger partial charge in [-0.05, 0) is 47.7 Å². The highest BCUT2D eigenvalue weighted by Crippen LogP contribution is 2.20. The van der Waals surface area contributed by atoms with Crippen LogP contribution in [0.5, 0.6) is 0 Å². The molecule has 0 spiro atoms. The van der Waals surface area contributed by atoms with Gasteiger partial charge < -0.3 is 5.32 Å². The van der Waals surface area contributed by atoms with Crippen molar-refractivity contribution in [3.8, 4) is 5.69 Å². The molecule has 9 heteroatoms. The number of rotatable bonds is 5. The van der Waals surface area contributed by atoms with E-state index in [0.717, 1.165) is 29.5 Å². The molecular weight excluding hydrogens is 376 g/mol. The largest absolute Gasteiger partial charge is 0.442 e. The number of carbonyl (C=O) groups excluding carboxylic acids is 1. The van der Waals surface area contributed by atoms with E-state index in [1.54, 1.807) is 19.1 Å². The minimum Gasteiger partial charge on any atom is -0.325 e. The van der Waals surface area contributed by atoms with Gasteiger partial charge in [-0.3, -0.25) is 9.32 Å². The van der Waals surface area contributed by atoms with Gasteiger partial charge in [-0.2, -0.15) is 0 Å². The van der Waals surface area contributed by atoms with Crippen LogP contribution in [0.25, 0.3) is 5.69 Å². The van der Waals surface area contributed by atoms with Crippen LogP contribution in [0.15, 0.2) is 56.8 Å². The van der Waals surface area contributed by atoms with Gasteiger partial charge in [-0.25, -0.2) is 13.6 Å². The van der Waals surface area contributed by atoms with Crippen LogP contribution in [0.1, 0.15) is 12.5 Å². The van der Waals surface area contributed by atoms with Gasteiger partial charge in [0.25, 0.3) is 0 Å². The molecule has 2 N–H and O–H groups in total. The number of aromatic amines is 1. The Kier molecular flexibility index (Phi) is 5.41. The van der Waals surface area contributed by atoms with Gasteiger partial charge in [-0.1, -0.05) is 17.7 Å².